The molecule has 0 spiro atoms. The Labute approximate surface area is 137 Å². The van der Waals surface area contributed by atoms with E-state index in [1.54, 1.807) is 7.11 Å². The first-order chi connectivity index (χ1) is 10.6. The minimum Gasteiger partial charge on any atom is -0.497 e. The van der Waals surface area contributed by atoms with Crippen LogP contribution >= 0.6 is 12.2 Å². The van der Waals surface area contributed by atoms with Gasteiger partial charge in [0, 0.05) is 5.69 Å². The van der Waals surface area contributed by atoms with E-state index in [2.05, 4.69) is 48.7 Å². The summed E-state index contributed by atoms with van der Waals surface area (Å²) in [6.07, 6.45) is 0.968. The number of aryl methyl sites for hydroxylation is 1. The van der Waals surface area contributed by atoms with Crippen molar-refractivity contribution < 1.29 is 4.74 Å². The third-order valence-electron chi connectivity index (χ3n) is 3.63. The lowest BCUT2D eigenvalue weighted by atomic mass is 10.00. The predicted molar refractivity (Wildman–Crippen MR) is 96.6 cm³/mol. The molecule has 0 aliphatic heterocycles. The summed E-state index contributed by atoms with van der Waals surface area (Å²) in [5, 5.41) is 7.23. The first-order valence-electron chi connectivity index (χ1n) is 7.41. The number of anilines is 1. The molecular formula is C18H22N2OS. The average Bonchev–Trinajstić information content (AvgIpc) is 2.54. The molecule has 0 saturated heterocycles. The number of benzene rings is 2. The highest BCUT2D eigenvalue weighted by atomic mass is 32.1. The normalized spacial score (nSPS) is 11.6. The van der Waals surface area contributed by atoms with E-state index in [0.29, 0.717) is 5.11 Å². The van der Waals surface area contributed by atoms with Gasteiger partial charge in [-0.2, -0.15) is 0 Å². The Morgan fingerprint density at radius 3 is 2.41 bits per heavy atom. The van der Waals surface area contributed by atoms with Crippen LogP contribution in [0.4, 0.5) is 5.69 Å². The first kappa shape index (κ1) is 16.3. The van der Waals surface area contributed by atoms with Crippen LogP contribution in [0.25, 0.3) is 0 Å². The molecule has 0 fully saturated rings. The Bertz CT molecular complexity index is 625. The van der Waals surface area contributed by atoms with Gasteiger partial charge in [0.05, 0.1) is 13.2 Å². The molecule has 2 aromatic carbocycles. The molecule has 0 radical (unpaired) electrons. The largest absolute Gasteiger partial charge is 0.497 e. The lowest BCUT2D eigenvalue weighted by molar-refractivity contribution is 0.415. The minimum absolute atomic E-state index is 0.208. The van der Waals surface area contributed by atoms with Gasteiger partial charge in [-0.3, -0.25) is 0 Å². The molecule has 2 rings (SSSR count). The molecule has 1 unspecified atom stereocenters. The van der Waals surface area contributed by atoms with Gasteiger partial charge < -0.3 is 15.4 Å². The average molecular weight is 314 g/mol. The Balaban J connectivity index is 2.01. The van der Waals surface area contributed by atoms with Crippen LogP contribution in [0.2, 0.25) is 0 Å². The van der Waals surface area contributed by atoms with Crippen LogP contribution in [-0.4, -0.2) is 12.2 Å². The molecular weight excluding hydrogens is 292 g/mol. The van der Waals surface area contributed by atoms with Crippen molar-refractivity contribution in [2.45, 2.75) is 26.3 Å². The molecule has 0 amide bonds. The maximum Gasteiger partial charge on any atom is 0.171 e. The van der Waals surface area contributed by atoms with Crippen molar-refractivity contribution in [3.05, 3.63) is 59.7 Å². The van der Waals surface area contributed by atoms with Crippen LogP contribution in [0.3, 0.4) is 0 Å². The highest BCUT2D eigenvalue weighted by molar-refractivity contribution is 7.80. The van der Waals surface area contributed by atoms with E-state index in [1.807, 2.05) is 24.3 Å². The van der Waals surface area contributed by atoms with Gasteiger partial charge in [-0.05, 0) is 61.0 Å². The fourth-order valence-electron chi connectivity index (χ4n) is 2.38. The fraction of sp³-hybridized carbons (Fsp3) is 0.278. The van der Waals surface area contributed by atoms with Gasteiger partial charge in [-0.1, -0.05) is 31.2 Å². The molecule has 2 aromatic rings. The van der Waals surface area contributed by atoms with E-state index in [9.17, 15) is 0 Å². The lowest BCUT2D eigenvalue weighted by Gasteiger charge is -2.21. The van der Waals surface area contributed by atoms with Gasteiger partial charge in [0.1, 0.15) is 5.75 Å². The molecule has 22 heavy (non-hydrogen) atoms. The van der Waals surface area contributed by atoms with E-state index in [-0.39, 0.29) is 6.04 Å². The summed E-state index contributed by atoms with van der Waals surface area (Å²) in [6, 6.07) is 16.3. The zero-order valence-electron chi connectivity index (χ0n) is 13.2. The molecule has 0 bridgehead atoms. The number of methoxy groups -OCH3 is 1. The second-order valence-corrected chi connectivity index (χ2v) is 5.55. The molecule has 0 aliphatic rings. The van der Waals surface area contributed by atoms with E-state index < -0.39 is 0 Å². The van der Waals surface area contributed by atoms with Crippen LogP contribution < -0.4 is 15.4 Å². The molecule has 0 saturated carbocycles. The summed E-state index contributed by atoms with van der Waals surface area (Å²) in [4.78, 5) is 0. The smallest absolute Gasteiger partial charge is 0.171 e. The Morgan fingerprint density at radius 1 is 1.14 bits per heavy atom. The topological polar surface area (TPSA) is 33.3 Å². The first-order valence-corrected chi connectivity index (χ1v) is 7.82. The molecule has 0 aliphatic carbocycles. The maximum absolute atomic E-state index is 5.43. The van der Waals surface area contributed by atoms with Crippen molar-refractivity contribution in [2.75, 3.05) is 12.4 Å². The van der Waals surface area contributed by atoms with Crippen molar-refractivity contribution in [3.63, 3.8) is 0 Å². The van der Waals surface area contributed by atoms with Gasteiger partial charge in [-0.25, -0.2) is 0 Å². The predicted octanol–water partition coefficient (Wildman–Crippen LogP) is 4.44. The van der Waals surface area contributed by atoms with E-state index in [0.717, 1.165) is 17.9 Å². The van der Waals surface area contributed by atoms with Gasteiger partial charge in [0.25, 0.3) is 0 Å². The number of hydrogen-bond acceptors (Lipinski definition) is 2. The summed E-state index contributed by atoms with van der Waals surface area (Å²) in [6.45, 7) is 4.28. The number of nitrogens with one attached hydrogen (secondary N) is 2. The van der Waals surface area contributed by atoms with Gasteiger partial charge >= 0.3 is 0 Å². The van der Waals surface area contributed by atoms with Crippen LogP contribution in [0.5, 0.6) is 5.75 Å². The van der Waals surface area contributed by atoms with Gasteiger partial charge in [0.15, 0.2) is 5.11 Å². The minimum atomic E-state index is 0.208. The molecule has 2 N–H and O–H groups in total. The summed E-state index contributed by atoms with van der Waals surface area (Å²) >= 11 is 5.43. The summed E-state index contributed by atoms with van der Waals surface area (Å²) in [7, 11) is 1.66. The highest BCUT2D eigenvalue weighted by Gasteiger charge is 2.12. The number of thiocarbonyl (C=S) groups is 1. The zero-order valence-corrected chi connectivity index (χ0v) is 14.0. The van der Waals surface area contributed by atoms with Crippen molar-refractivity contribution in [2.24, 2.45) is 0 Å². The van der Waals surface area contributed by atoms with Crippen molar-refractivity contribution in [3.8, 4) is 5.75 Å². The van der Waals surface area contributed by atoms with Crippen molar-refractivity contribution in [1.29, 1.82) is 0 Å². The van der Waals surface area contributed by atoms with Crippen LogP contribution in [0, 0.1) is 6.92 Å². The fourth-order valence-corrected chi connectivity index (χ4v) is 2.64. The Morgan fingerprint density at radius 2 is 1.82 bits per heavy atom. The summed E-state index contributed by atoms with van der Waals surface area (Å²) in [5.74, 6) is 0.829. The SMILES string of the molecule is CCC(NC(=S)Nc1ccc(OC)cc1)c1ccccc1C. The number of rotatable bonds is 5. The van der Waals surface area contributed by atoms with E-state index >= 15 is 0 Å². The van der Waals surface area contributed by atoms with Crippen molar-refractivity contribution in [1.82, 2.24) is 5.32 Å². The maximum atomic E-state index is 5.43. The van der Waals surface area contributed by atoms with Gasteiger partial charge in [-0.15, -0.1) is 0 Å². The van der Waals surface area contributed by atoms with Crippen LogP contribution in [0.15, 0.2) is 48.5 Å². The Hall–Kier alpha value is -2.07. The van der Waals surface area contributed by atoms with Gasteiger partial charge in [0.2, 0.25) is 0 Å². The molecule has 1 atom stereocenters. The monoisotopic (exact) mass is 314 g/mol. The summed E-state index contributed by atoms with van der Waals surface area (Å²) < 4.78 is 5.15. The lowest BCUT2D eigenvalue weighted by Crippen LogP contribution is -2.32. The molecule has 4 heteroatoms. The second-order valence-electron chi connectivity index (χ2n) is 5.14. The van der Waals surface area contributed by atoms with E-state index in [4.69, 9.17) is 17.0 Å². The molecule has 0 aromatic heterocycles. The Kier molecular flexibility index (Phi) is 5.78. The van der Waals surface area contributed by atoms with Crippen molar-refractivity contribution >= 4 is 23.0 Å². The quantitative estimate of drug-likeness (QED) is 0.799. The van der Waals surface area contributed by atoms with Crippen LogP contribution in [-0.2, 0) is 0 Å². The standard InChI is InChI=1S/C18H22N2OS/c1-4-17(16-8-6-5-7-13(16)2)20-18(22)19-14-9-11-15(21-3)12-10-14/h5-12,17H,4H2,1-3H3,(H2,19,20,22). The zero-order chi connectivity index (χ0) is 15.9. The van der Waals surface area contributed by atoms with Crippen LogP contribution in [0.1, 0.15) is 30.5 Å². The third kappa shape index (κ3) is 4.21. The van der Waals surface area contributed by atoms with E-state index in [1.165, 1.54) is 11.1 Å². The molecule has 116 valence electrons. The second kappa shape index (κ2) is 7.80. The summed E-state index contributed by atoms with van der Waals surface area (Å²) in [5.41, 5.74) is 3.50. The molecule has 3 nitrogen and oxygen atoms in total. The number of hydrogen-bond donors (Lipinski definition) is 2. The molecule has 0 heterocycles. The number of ether oxygens (including phenoxy) is 1. The highest BCUT2D eigenvalue weighted by Crippen LogP contribution is 2.21. The third-order valence-corrected chi connectivity index (χ3v) is 3.85.